The summed E-state index contributed by atoms with van der Waals surface area (Å²) in [5.41, 5.74) is 17.1. The van der Waals surface area contributed by atoms with Crippen LogP contribution in [-0.2, 0) is 0 Å². The van der Waals surface area contributed by atoms with E-state index < -0.39 is 0 Å². The highest BCUT2D eigenvalue weighted by molar-refractivity contribution is 6.18. The molecule has 16 aromatic rings. The summed E-state index contributed by atoms with van der Waals surface area (Å²) in [4.78, 5) is 15.7. The van der Waals surface area contributed by atoms with Crippen molar-refractivity contribution in [1.82, 2.24) is 19.5 Å². The van der Waals surface area contributed by atoms with Crippen molar-refractivity contribution in [3.63, 3.8) is 0 Å². The monoisotopic (exact) mass is 972 g/mol. The maximum atomic E-state index is 6.73. The second-order valence-corrected chi connectivity index (χ2v) is 19.4. The van der Waals surface area contributed by atoms with Gasteiger partial charge in [0, 0.05) is 71.0 Å². The Morgan fingerprint density at radius 3 is 1.71 bits per heavy atom. The number of fused-ring (bicyclic) bond motifs is 12. The van der Waals surface area contributed by atoms with Crippen LogP contribution in [0, 0.1) is 0 Å². The summed E-state index contributed by atoms with van der Waals surface area (Å²) in [6, 6.07) is 84.5. The molecule has 0 atom stereocenters. The molecule has 0 spiro atoms. The van der Waals surface area contributed by atoms with Gasteiger partial charge in [-0.2, -0.15) is 0 Å². The highest BCUT2D eigenvalue weighted by Crippen LogP contribution is 2.45. The Labute approximate surface area is 434 Å². The molecule has 0 saturated heterocycles. The van der Waals surface area contributed by atoms with E-state index in [0.29, 0.717) is 17.5 Å². The average molecular weight is 973 g/mol. The lowest BCUT2D eigenvalue weighted by Crippen LogP contribution is -2.00. The first-order valence-electron chi connectivity index (χ1n) is 25.5. The van der Waals surface area contributed by atoms with Crippen LogP contribution in [-0.4, -0.2) is 19.5 Å². The summed E-state index contributed by atoms with van der Waals surface area (Å²) >= 11 is 0. The van der Waals surface area contributed by atoms with Crippen molar-refractivity contribution in [2.75, 3.05) is 0 Å². The van der Waals surface area contributed by atoms with Crippen LogP contribution in [0.2, 0.25) is 0 Å². The third-order valence-corrected chi connectivity index (χ3v) is 15.1. The average Bonchev–Trinajstić information content (AvgIpc) is 4.29. The van der Waals surface area contributed by atoms with E-state index in [1.54, 1.807) is 0 Å². The number of nitrogens with zero attached hydrogens (tertiary/aromatic N) is 4. The van der Waals surface area contributed by atoms with Crippen molar-refractivity contribution in [3.8, 4) is 73.2 Å². The standard InChI is InChI=1S/C69H40N4O3/c1-4-16-41(17-5-1)48-24-14-25-52-51-34-31-45(39-62(51)76-66(48)52)68-70-67(42-18-6-2-7-19-42)71-69(72-68)54-26-15-29-61-65(54)56-36-44(32-35-60(56)74-61)55-37-46(40-63-64(55)53-23-11-13-28-59(53)75-63)43-30-33-50-49-22-10-12-27-57(49)73(58(50)38-43)47-20-8-3-9-21-47/h1-40H. The van der Waals surface area contributed by atoms with Crippen LogP contribution < -0.4 is 0 Å². The highest BCUT2D eigenvalue weighted by atomic mass is 16.3. The zero-order valence-corrected chi connectivity index (χ0v) is 40.6. The summed E-state index contributed by atoms with van der Waals surface area (Å²) in [5.74, 6) is 1.64. The van der Waals surface area contributed by atoms with Crippen LogP contribution >= 0.6 is 0 Å². The summed E-state index contributed by atoms with van der Waals surface area (Å²) in [5, 5.41) is 8.47. The van der Waals surface area contributed by atoms with Crippen molar-refractivity contribution in [1.29, 1.82) is 0 Å². The predicted molar refractivity (Wildman–Crippen MR) is 309 cm³/mol. The zero-order valence-electron chi connectivity index (χ0n) is 40.6. The highest BCUT2D eigenvalue weighted by Gasteiger charge is 2.22. The second-order valence-electron chi connectivity index (χ2n) is 19.4. The second kappa shape index (κ2) is 16.6. The van der Waals surface area contributed by atoms with Gasteiger partial charge in [-0.1, -0.05) is 170 Å². The molecular formula is C69H40N4O3. The van der Waals surface area contributed by atoms with E-state index in [1.165, 1.54) is 16.3 Å². The Hall–Kier alpha value is -10.4. The maximum absolute atomic E-state index is 6.73. The topological polar surface area (TPSA) is 83.0 Å². The molecule has 11 aromatic carbocycles. The van der Waals surface area contributed by atoms with Gasteiger partial charge in [-0.3, -0.25) is 0 Å². The van der Waals surface area contributed by atoms with Crippen LogP contribution in [0.25, 0.3) is 161 Å². The van der Waals surface area contributed by atoms with Gasteiger partial charge in [-0.05, 0) is 101 Å². The van der Waals surface area contributed by atoms with E-state index in [9.17, 15) is 0 Å². The van der Waals surface area contributed by atoms with Gasteiger partial charge in [-0.15, -0.1) is 0 Å². The van der Waals surface area contributed by atoms with Gasteiger partial charge < -0.3 is 17.8 Å². The first-order chi connectivity index (χ1) is 37.6. The number of para-hydroxylation sites is 4. The number of aromatic nitrogens is 4. The lowest BCUT2D eigenvalue weighted by molar-refractivity contribution is 0.669. The fraction of sp³-hybridized carbons (Fsp3) is 0. The Balaban J connectivity index is 0.875. The van der Waals surface area contributed by atoms with Crippen LogP contribution in [0.4, 0.5) is 0 Å². The summed E-state index contributed by atoms with van der Waals surface area (Å²) < 4.78 is 22.5. The molecule has 354 valence electrons. The largest absolute Gasteiger partial charge is 0.456 e. The quantitative estimate of drug-likeness (QED) is 0.158. The van der Waals surface area contributed by atoms with Gasteiger partial charge >= 0.3 is 0 Å². The SMILES string of the molecule is c1ccc(-c2nc(-c3ccc4c(c3)oc3c(-c5ccccc5)cccc34)nc(-c3cccc4oc5ccc(-c6cc(-c7ccc8c9ccccc9n(-c9ccccc9)c8c7)cc7oc8ccccc8c67)cc5c34)n2)cc1. The third-order valence-electron chi connectivity index (χ3n) is 15.1. The first-order valence-corrected chi connectivity index (χ1v) is 25.5. The molecule has 0 aliphatic carbocycles. The number of hydrogen-bond acceptors (Lipinski definition) is 6. The lowest BCUT2D eigenvalue weighted by atomic mass is 9.93. The van der Waals surface area contributed by atoms with Crippen molar-refractivity contribution >= 4 is 87.6 Å². The maximum Gasteiger partial charge on any atom is 0.164 e. The van der Waals surface area contributed by atoms with Gasteiger partial charge in [0.25, 0.3) is 0 Å². The molecule has 0 N–H and O–H groups in total. The molecule has 76 heavy (non-hydrogen) atoms. The van der Waals surface area contributed by atoms with Crippen molar-refractivity contribution in [2.24, 2.45) is 0 Å². The third kappa shape index (κ3) is 6.59. The number of hydrogen-bond donors (Lipinski definition) is 0. The normalized spacial score (nSPS) is 11.9. The van der Waals surface area contributed by atoms with Crippen molar-refractivity contribution in [2.45, 2.75) is 0 Å². The molecule has 0 aliphatic rings. The molecule has 0 bridgehead atoms. The molecule has 0 saturated carbocycles. The van der Waals surface area contributed by atoms with E-state index in [0.717, 1.165) is 127 Å². The minimum absolute atomic E-state index is 0.534. The Bertz CT molecular complexity index is 4990. The Morgan fingerprint density at radius 1 is 0.263 bits per heavy atom. The van der Waals surface area contributed by atoms with Gasteiger partial charge in [0.05, 0.1) is 11.0 Å². The molecule has 0 unspecified atom stereocenters. The molecule has 0 fully saturated rings. The predicted octanol–water partition coefficient (Wildman–Crippen LogP) is 18.7. The molecule has 16 rings (SSSR count). The molecule has 0 radical (unpaired) electrons. The van der Waals surface area contributed by atoms with E-state index in [4.69, 9.17) is 28.2 Å². The fourth-order valence-corrected chi connectivity index (χ4v) is 11.6. The van der Waals surface area contributed by atoms with E-state index in [2.05, 4.69) is 180 Å². The van der Waals surface area contributed by atoms with Crippen LogP contribution in [0.5, 0.6) is 0 Å². The molecule has 5 heterocycles. The smallest absolute Gasteiger partial charge is 0.164 e. The molecule has 5 aromatic heterocycles. The molecule has 0 amide bonds. The first kappa shape index (κ1) is 42.2. The van der Waals surface area contributed by atoms with E-state index >= 15 is 0 Å². The van der Waals surface area contributed by atoms with Gasteiger partial charge in [0.1, 0.15) is 33.5 Å². The molecule has 0 aliphatic heterocycles. The van der Waals surface area contributed by atoms with E-state index in [-0.39, 0.29) is 0 Å². The van der Waals surface area contributed by atoms with E-state index in [1.807, 2.05) is 66.7 Å². The minimum Gasteiger partial charge on any atom is -0.456 e. The Kier molecular flexibility index (Phi) is 9.20. The summed E-state index contributed by atoms with van der Waals surface area (Å²) in [6.07, 6.45) is 0. The van der Waals surface area contributed by atoms with Crippen LogP contribution in [0.1, 0.15) is 0 Å². The number of benzene rings is 11. The molecule has 7 heteroatoms. The van der Waals surface area contributed by atoms with Gasteiger partial charge in [-0.25, -0.2) is 15.0 Å². The number of rotatable bonds is 7. The zero-order chi connectivity index (χ0) is 49.8. The van der Waals surface area contributed by atoms with Gasteiger partial charge in [0.15, 0.2) is 17.5 Å². The fourth-order valence-electron chi connectivity index (χ4n) is 11.6. The number of furan rings is 3. The van der Waals surface area contributed by atoms with Crippen LogP contribution in [0.3, 0.4) is 0 Å². The van der Waals surface area contributed by atoms with Crippen molar-refractivity contribution < 1.29 is 13.3 Å². The molecule has 7 nitrogen and oxygen atoms in total. The van der Waals surface area contributed by atoms with Crippen LogP contribution in [0.15, 0.2) is 256 Å². The summed E-state index contributed by atoms with van der Waals surface area (Å²) in [6.45, 7) is 0. The van der Waals surface area contributed by atoms with Gasteiger partial charge in [0.2, 0.25) is 0 Å². The Morgan fingerprint density at radius 2 is 0.855 bits per heavy atom. The molecular weight excluding hydrogens is 933 g/mol. The lowest BCUT2D eigenvalue weighted by Gasteiger charge is -2.11. The minimum atomic E-state index is 0.534. The van der Waals surface area contributed by atoms with Crippen molar-refractivity contribution in [3.05, 3.63) is 243 Å². The summed E-state index contributed by atoms with van der Waals surface area (Å²) in [7, 11) is 0.